The van der Waals surface area contributed by atoms with E-state index < -0.39 is 0 Å². The highest BCUT2D eigenvalue weighted by molar-refractivity contribution is 5.96. The second-order valence-electron chi connectivity index (χ2n) is 7.30. The molecule has 0 unspecified atom stereocenters. The topological polar surface area (TPSA) is 41.6 Å². The van der Waals surface area contributed by atoms with Crippen LogP contribution in [-0.4, -0.2) is 37.5 Å². The molecule has 0 bridgehead atoms. The van der Waals surface area contributed by atoms with Crippen molar-refractivity contribution >= 4 is 11.5 Å². The normalized spacial score (nSPS) is 16.8. The summed E-state index contributed by atoms with van der Waals surface area (Å²) in [5, 5.41) is 2.87. The van der Waals surface area contributed by atoms with Crippen LogP contribution < -0.4 is 10.1 Å². The van der Waals surface area contributed by atoms with Gasteiger partial charge in [0.05, 0.1) is 0 Å². The molecule has 2 aliphatic heterocycles. The fraction of sp³-hybridized carbons (Fsp3) is 0.348. The van der Waals surface area contributed by atoms with Crippen LogP contribution in [0.5, 0.6) is 5.75 Å². The lowest BCUT2D eigenvalue weighted by molar-refractivity contribution is 0.0955. The fourth-order valence-electron chi connectivity index (χ4n) is 3.96. The van der Waals surface area contributed by atoms with E-state index >= 15 is 0 Å². The molecule has 1 amide bonds. The molecule has 1 N–H and O–H groups in total. The maximum atomic E-state index is 12.3. The van der Waals surface area contributed by atoms with E-state index in [2.05, 4.69) is 47.6 Å². The molecule has 0 aliphatic carbocycles. The predicted octanol–water partition coefficient (Wildman–Crippen LogP) is 3.86. The molecule has 2 heterocycles. The zero-order valence-corrected chi connectivity index (χ0v) is 16.0. The van der Waals surface area contributed by atoms with Crippen LogP contribution in [0, 0.1) is 0 Å². The lowest BCUT2D eigenvalue weighted by Crippen LogP contribution is -2.27. The van der Waals surface area contributed by atoms with Crippen molar-refractivity contribution in [3.05, 3.63) is 70.3 Å². The zero-order valence-electron chi connectivity index (χ0n) is 16.0. The summed E-state index contributed by atoms with van der Waals surface area (Å²) in [7, 11) is 2.18. The number of rotatable bonds is 2. The molecule has 0 aromatic heterocycles. The highest BCUT2D eigenvalue weighted by Crippen LogP contribution is 2.41. The smallest absolute Gasteiger partial charge is 0.251 e. The number of hydrogen-bond acceptors (Lipinski definition) is 3. The third-order valence-corrected chi connectivity index (χ3v) is 5.46. The summed E-state index contributed by atoms with van der Waals surface area (Å²) in [4.78, 5) is 14.6. The van der Waals surface area contributed by atoms with Gasteiger partial charge in [0.1, 0.15) is 12.4 Å². The Bertz CT molecular complexity index is 891. The minimum atomic E-state index is -0.0563. The van der Waals surface area contributed by atoms with Crippen LogP contribution in [0.25, 0.3) is 5.57 Å². The number of ether oxygens (including phenoxy) is 1. The number of benzene rings is 2. The summed E-state index contributed by atoms with van der Waals surface area (Å²) in [5.74, 6) is 0.746. The van der Waals surface area contributed by atoms with Crippen molar-refractivity contribution in [2.75, 3.05) is 26.7 Å². The van der Waals surface area contributed by atoms with Gasteiger partial charge in [0.15, 0.2) is 0 Å². The summed E-state index contributed by atoms with van der Waals surface area (Å²) >= 11 is 0. The minimum Gasteiger partial charge on any atom is -0.488 e. The number of carbonyl (C=O) groups excluding carboxylic acids is 1. The Balaban J connectivity index is 1.85. The second kappa shape index (κ2) is 7.57. The molecule has 0 atom stereocenters. The highest BCUT2D eigenvalue weighted by Gasteiger charge is 2.24. The predicted molar refractivity (Wildman–Crippen MR) is 108 cm³/mol. The summed E-state index contributed by atoms with van der Waals surface area (Å²) in [6.45, 7) is 5.23. The molecule has 4 heteroatoms. The lowest BCUT2D eigenvalue weighted by Gasteiger charge is -2.27. The van der Waals surface area contributed by atoms with Gasteiger partial charge in [-0.05, 0) is 61.7 Å². The van der Waals surface area contributed by atoms with Crippen LogP contribution in [0.1, 0.15) is 46.8 Å². The molecule has 140 valence electrons. The number of nitrogens with one attached hydrogen (secondary N) is 1. The van der Waals surface area contributed by atoms with Gasteiger partial charge in [-0.3, -0.25) is 4.79 Å². The summed E-state index contributed by atoms with van der Waals surface area (Å²) < 4.78 is 6.16. The van der Waals surface area contributed by atoms with E-state index in [0.29, 0.717) is 18.7 Å². The molecular formula is C23H26N2O2. The number of fused-ring (bicyclic) bond motifs is 2. The Morgan fingerprint density at radius 2 is 1.89 bits per heavy atom. The summed E-state index contributed by atoms with van der Waals surface area (Å²) in [6, 6.07) is 14.4. The molecule has 1 saturated heterocycles. The molecular weight excluding hydrogens is 336 g/mol. The third kappa shape index (κ3) is 3.50. The van der Waals surface area contributed by atoms with E-state index in [-0.39, 0.29) is 5.91 Å². The maximum Gasteiger partial charge on any atom is 0.251 e. The molecule has 2 aliphatic rings. The first-order valence-electron chi connectivity index (χ1n) is 9.71. The first-order valence-corrected chi connectivity index (χ1v) is 9.71. The van der Waals surface area contributed by atoms with E-state index in [1.807, 2.05) is 19.1 Å². The molecule has 0 saturated carbocycles. The Hall–Kier alpha value is -2.59. The highest BCUT2D eigenvalue weighted by atomic mass is 16.5. The van der Waals surface area contributed by atoms with E-state index in [9.17, 15) is 4.79 Å². The van der Waals surface area contributed by atoms with Crippen LogP contribution >= 0.6 is 0 Å². The van der Waals surface area contributed by atoms with Gasteiger partial charge in [-0.15, -0.1) is 0 Å². The van der Waals surface area contributed by atoms with E-state index in [0.717, 1.165) is 37.2 Å². The average molecular weight is 362 g/mol. The van der Waals surface area contributed by atoms with Gasteiger partial charge in [0.2, 0.25) is 0 Å². The van der Waals surface area contributed by atoms with E-state index in [1.54, 1.807) is 0 Å². The molecule has 0 radical (unpaired) electrons. The van der Waals surface area contributed by atoms with Crippen molar-refractivity contribution in [3.63, 3.8) is 0 Å². The molecule has 2 aromatic rings. The first kappa shape index (κ1) is 17.8. The van der Waals surface area contributed by atoms with Gasteiger partial charge in [0, 0.05) is 30.8 Å². The Morgan fingerprint density at radius 3 is 2.67 bits per heavy atom. The Morgan fingerprint density at radius 1 is 1.11 bits per heavy atom. The molecule has 27 heavy (non-hydrogen) atoms. The number of carbonyl (C=O) groups is 1. The van der Waals surface area contributed by atoms with Crippen molar-refractivity contribution in [1.29, 1.82) is 0 Å². The molecule has 4 rings (SSSR count). The summed E-state index contributed by atoms with van der Waals surface area (Å²) in [5.41, 5.74) is 7.00. The fourth-order valence-corrected chi connectivity index (χ4v) is 3.96. The number of piperidine rings is 1. The largest absolute Gasteiger partial charge is 0.488 e. The minimum absolute atomic E-state index is 0.0563. The van der Waals surface area contributed by atoms with Gasteiger partial charge < -0.3 is 15.0 Å². The monoisotopic (exact) mass is 362 g/mol. The SMILES string of the molecule is CCNC(=O)c1ccc2c(c1)OCc1ccccc1C2=C1CCN(C)CC1. The zero-order chi connectivity index (χ0) is 18.8. The van der Waals surface area contributed by atoms with E-state index in [1.165, 1.54) is 22.3 Å². The number of likely N-dealkylation sites (tertiary alicyclic amines) is 1. The van der Waals surface area contributed by atoms with Crippen molar-refractivity contribution in [2.24, 2.45) is 0 Å². The van der Waals surface area contributed by atoms with Crippen LogP contribution in [0.15, 0.2) is 48.0 Å². The molecule has 1 fully saturated rings. The van der Waals surface area contributed by atoms with Gasteiger partial charge in [-0.2, -0.15) is 0 Å². The molecule has 0 spiro atoms. The number of nitrogens with zero attached hydrogens (tertiary/aromatic N) is 1. The van der Waals surface area contributed by atoms with Gasteiger partial charge in [-0.25, -0.2) is 0 Å². The van der Waals surface area contributed by atoms with Crippen LogP contribution in [0.3, 0.4) is 0 Å². The van der Waals surface area contributed by atoms with Gasteiger partial charge in [-0.1, -0.05) is 29.8 Å². The van der Waals surface area contributed by atoms with Crippen molar-refractivity contribution < 1.29 is 9.53 Å². The van der Waals surface area contributed by atoms with Crippen LogP contribution in [0.2, 0.25) is 0 Å². The standard InChI is InChI=1S/C23H26N2O2/c1-3-24-23(26)17-8-9-20-21(14-17)27-15-18-6-4-5-7-19(18)22(20)16-10-12-25(2)13-11-16/h4-9,14H,3,10-13,15H2,1-2H3,(H,24,26). The van der Waals surface area contributed by atoms with Crippen molar-refractivity contribution in [1.82, 2.24) is 10.2 Å². The van der Waals surface area contributed by atoms with Crippen molar-refractivity contribution in [3.8, 4) is 5.75 Å². The summed E-state index contributed by atoms with van der Waals surface area (Å²) in [6.07, 6.45) is 2.13. The third-order valence-electron chi connectivity index (χ3n) is 5.46. The average Bonchev–Trinajstić information content (AvgIpc) is 2.85. The number of amides is 1. The lowest BCUT2D eigenvalue weighted by atomic mass is 9.86. The first-order chi connectivity index (χ1) is 13.2. The van der Waals surface area contributed by atoms with Crippen LogP contribution in [0.4, 0.5) is 0 Å². The quantitative estimate of drug-likeness (QED) is 0.882. The second-order valence-corrected chi connectivity index (χ2v) is 7.30. The Labute approximate surface area is 160 Å². The van der Waals surface area contributed by atoms with Crippen LogP contribution in [-0.2, 0) is 6.61 Å². The van der Waals surface area contributed by atoms with Crippen molar-refractivity contribution in [2.45, 2.75) is 26.4 Å². The molecule has 2 aromatic carbocycles. The van der Waals surface area contributed by atoms with E-state index in [4.69, 9.17) is 4.74 Å². The van der Waals surface area contributed by atoms with Gasteiger partial charge >= 0.3 is 0 Å². The number of hydrogen-bond donors (Lipinski definition) is 1. The Kier molecular flexibility index (Phi) is 4.99. The maximum absolute atomic E-state index is 12.3. The van der Waals surface area contributed by atoms with Gasteiger partial charge in [0.25, 0.3) is 5.91 Å². The molecule has 4 nitrogen and oxygen atoms in total.